The quantitative estimate of drug-likeness (QED) is 0.757. The first-order valence-electron chi connectivity index (χ1n) is 8.49. The normalized spacial score (nSPS) is 18.6. The van der Waals surface area contributed by atoms with Gasteiger partial charge in [0, 0.05) is 38.4 Å². The molecule has 0 aliphatic carbocycles. The second-order valence-electron chi connectivity index (χ2n) is 6.47. The molecule has 0 N–H and O–H groups in total. The van der Waals surface area contributed by atoms with Crippen molar-refractivity contribution in [2.45, 2.75) is 25.7 Å². The molecule has 1 fully saturated rings. The average Bonchev–Trinajstić information content (AvgIpc) is 2.63. The van der Waals surface area contributed by atoms with Gasteiger partial charge in [0.1, 0.15) is 5.69 Å². The number of piperazine rings is 1. The minimum atomic E-state index is -4.50. The van der Waals surface area contributed by atoms with Crippen LogP contribution in [0.25, 0.3) is 0 Å². The maximum atomic E-state index is 13.9. The van der Waals surface area contributed by atoms with Gasteiger partial charge in [-0.2, -0.15) is 13.2 Å². The van der Waals surface area contributed by atoms with Crippen LogP contribution < -0.4 is 9.64 Å². The summed E-state index contributed by atoms with van der Waals surface area (Å²) in [4.78, 5) is 11.5. The van der Waals surface area contributed by atoms with Crippen LogP contribution in [0.1, 0.15) is 18.2 Å². The van der Waals surface area contributed by atoms with Crippen molar-refractivity contribution in [1.29, 1.82) is 0 Å². The van der Waals surface area contributed by atoms with E-state index < -0.39 is 17.7 Å². The Morgan fingerprint density at radius 1 is 1.22 bits per heavy atom. The number of hydrogen-bond acceptors (Lipinski definition) is 5. The third-order valence-electron chi connectivity index (χ3n) is 4.58. The number of alkyl halides is 3. The van der Waals surface area contributed by atoms with Crippen LogP contribution in [0.2, 0.25) is 0 Å². The van der Waals surface area contributed by atoms with Gasteiger partial charge in [0.15, 0.2) is 11.6 Å². The molecular weight excluding hydrogens is 364 g/mol. The van der Waals surface area contributed by atoms with Gasteiger partial charge in [-0.25, -0.2) is 14.4 Å². The largest absolute Gasteiger partial charge is 0.494 e. The maximum Gasteiger partial charge on any atom is 0.433 e. The second-order valence-corrected chi connectivity index (χ2v) is 6.47. The monoisotopic (exact) mass is 384 g/mol. The number of benzene rings is 1. The lowest BCUT2D eigenvalue weighted by Crippen LogP contribution is -2.52. The molecule has 2 heterocycles. The van der Waals surface area contributed by atoms with Gasteiger partial charge in [0.2, 0.25) is 5.95 Å². The zero-order chi connectivity index (χ0) is 19.6. The molecule has 1 aliphatic heterocycles. The first kappa shape index (κ1) is 19.3. The predicted molar refractivity (Wildman–Crippen MR) is 92.1 cm³/mol. The van der Waals surface area contributed by atoms with Gasteiger partial charge >= 0.3 is 6.18 Å². The van der Waals surface area contributed by atoms with Crippen molar-refractivity contribution < 1.29 is 22.3 Å². The van der Waals surface area contributed by atoms with E-state index in [2.05, 4.69) is 14.9 Å². The molecule has 0 spiro atoms. The maximum absolute atomic E-state index is 13.9. The Hall–Kier alpha value is -2.42. The smallest absolute Gasteiger partial charge is 0.433 e. The van der Waals surface area contributed by atoms with Crippen LogP contribution in [0.15, 0.2) is 30.5 Å². The van der Waals surface area contributed by atoms with Crippen molar-refractivity contribution in [2.75, 3.05) is 31.6 Å². The topological polar surface area (TPSA) is 41.5 Å². The lowest BCUT2D eigenvalue weighted by molar-refractivity contribution is -0.141. The van der Waals surface area contributed by atoms with E-state index in [9.17, 15) is 17.6 Å². The molecule has 5 nitrogen and oxygen atoms in total. The number of methoxy groups -OCH3 is 1. The summed E-state index contributed by atoms with van der Waals surface area (Å²) < 4.78 is 57.3. The van der Waals surface area contributed by atoms with Gasteiger partial charge in [0.25, 0.3) is 0 Å². The number of anilines is 1. The van der Waals surface area contributed by atoms with Crippen LogP contribution in [0.3, 0.4) is 0 Å². The summed E-state index contributed by atoms with van der Waals surface area (Å²) in [6.07, 6.45) is -3.37. The highest BCUT2D eigenvalue weighted by Gasteiger charge is 2.34. The molecule has 1 unspecified atom stereocenters. The zero-order valence-electron chi connectivity index (χ0n) is 15.0. The summed E-state index contributed by atoms with van der Waals surface area (Å²) >= 11 is 0. The third kappa shape index (κ3) is 4.47. The number of ether oxygens (including phenoxy) is 1. The standard InChI is InChI=1S/C18H20F4N4O/c1-12-10-26(17-23-6-5-16(24-17)18(20,21)22)8-7-25(12)11-13-3-4-15(27-2)14(19)9-13/h3-6,9,12H,7-8,10-11H2,1-2H3. The molecule has 146 valence electrons. The van der Waals surface area contributed by atoms with Crippen molar-refractivity contribution in [1.82, 2.24) is 14.9 Å². The first-order chi connectivity index (χ1) is 12.8. The molecule has 0 radical (unpaired) electrons. The van der Waals surface area contributed by atoms with E-state index >= 15 is 0 Å². The molecule has 0 amide bonds. The van der Waals surface area contributed by atoms with Gasteiger partial charge < -0.3 is 9.64 Å². The second kappa shape index (κ2) is 7.67. The molecule has 0 bridgehead atoms. The molecule has 9 heteroatoms. The minimum Gasteiger partial charge on any atom is -0.494 e. The van der Waals surface area contributed by atoms with Crippen molar-refractivity contribution in [3.05, 3.63) is 47.5 Å². The predicted octanol–water partition coefficient (Wildman–Crippen LogP) is 3.35. The number of halogens is 4. The van der Waals surface area contributed by atoms with Gasteiger partial charge in [-0.3, -0.25) is 4.90 Å². The molecule has 0 saturated carbocycles. The highest BCUT2D eigenvalue weighted by molar-refractivity contribution is 5.33. The zero-order valence-corrected chi connectivity index (χ0v) is 15.0. The van der Waals surface area contributed by atoms with Crippen LogP contribution in [0.5, 0.6) is 5.75 Å². The summed E-state index contributed by atoms with van der Waals surface area (Å²) in [5.74, 6) is -0.149. The Morgan fingerprint density at radius 2 is 2.00 bits per heavy atom. The Bertz CT molecular complexity index is 799. The Balaban J connectivity index is 1.66. The van der Waals surface area contributed by atoms with Crippen LogP contribution in [0.4, 0.5) is 23.5 Å². The highest BCUT2D eigenvalue weighted by atomic mass is 19.4. The van der Waals surface area contributed by atoms with Gasteiger partial charge in [0.05, 0.1) is 7.11 Å². The summed E-state index contributed by atoms with van der Waals surface area (Å²) in [5, 5.41) is 0. The molecular formula is C18H20F4N4O. The van der Waals surface area contributed by atoms with E-state index in [4.69, 9.17) is 4.74 Å². The first-order valence-corrected chi connectivity index (χ1v) is 8.49. The van der Waals surface area contributed by atoms with Crippen LogP contribution >= 0.6 is 0 Å². The summed E-state index contributed by atoms with van der Waals surface area (Å²) in [6.45, 7) is 4.09. The van der Waals surface area contributed by atoms with E-state index in [0.717, 1.165) is 17.8 Å². The van der Waals surface area contributed by atoms with E-state index in [0.29, 0.717) is 26.2 Å². The molecule has 1 aromatic carbocycles. The number of hydrogen-bond donors (Lipinski definition) is 0. The molecule has 3 rings (SSSR count). The lowest BCUT2D eigenvalue weighted by atomic mass is 10.1. The van der Waals surface area contributed by atoms with Gasteiger partial charge in [-0.1, -0.05) is 6.07 Å². The molecule has 1 atom stereocenters. The molecule has 1 saturated heterocycles. The summed E-state index contributed by atoms with van der Waals surface area (Å²) in [6, 6.07) is 5.73. The Morgan fingerprint density at radius 3 is 2.63 bits per heavy atom. The van der Waals surface area contributed by atoms with E-state index in [-0.39, 0.29) is 17.7 Å². The SMILES string of the molecule is COc1ccc(CN2CCN(c3nccc(C(F)(F)F)n3)CC2C)cc1F. The summed E-state index contributed by atoms with van der Waals surface area (Å²) in [5.41, 5.74) is -0.139. The van der Waals surface area contributed by atoms with E-state index in [1.54, 1.807) is 17.0 Å². The molecule has 2 aromatic rings. The molecule has 1 aromatic heterocycles. The van der Waals surface area contributed by atoms with Crippen molar-refractivity contribution in [2.24, 2.45) is 0 Å². The van der Waals surface area contributed by atoms with Crippen molar-refractivity contribution in [3.8, 4) is 5.75 Å². The summed E-state index contributed by atoms with van der Waals surface area (Å²) in [7, 11) is 1.41. The van der Waals surface area contributed by atoms with E-state index in [1.807, 2.05) is 6.92 Å². The fraction of sp³-hybridized carbons (Fsp3) is 0.444. The lowest BCUT2D eigenvalue weighted by Gasteiger charge is -2.40. The van der Waals surface area contributed by atoms with Crippen LogP contribution in [-0.2, 0) is 12.7 Å². The van der Waals surface area contributed by atoms with E-state index in [1.165, 1.54) is 13.2 Å². The molecule has 1 aliphatic rings. The van der Waals surface area contributed by atoms with Gasteiger partial charge in [-0.05, 0) is 30.7 Å². The van der Waals surface area contributed by atoms with Gasteiger partial charge in [-0.15, -0.1) is 0 Å². The average molecular weight is 384 g/mol. The van der Waals surface area contributed by atoms with Crippen molar-refractivity contribution >= 4 is 5.95 Å². The Kier molecular flexibility index (Phi) is 5.50. The number of rotatable bonds is 4. The van der Waals surface area contributed by atoms with Crippen LogP contribution in [0, 0.1) is 5.82 Å². The number of aromatic nitrogens is 2. The van der Waals surface area contributed by atoms with Crippen LogP contribution in [-0.4, -0.2) is 47.7 Å². The Labute approximate surface area is 154 Å². The fourth-order valence-corrected chi connectivity index (χ4v) is 3.11. The molecule has 27 heavy (non-hydrogen) atoms. The number of nitrogens with zero attached hydrogens (tertiary/aromatic N) is 4. The van der Waals surface area contributed by atoms with Crippen molar-refractivity contribution in [3.63, 3.8) is 0 Å². The third-order valence-corrected chi connectivity index (χ3v) is 4.58. The minimum absolute atomic E-state index is 0.0436. The fourth-order valence-electron chi connectivity index (χ4n) is 3.11. The highest BCUT2D eigenvalue weighted by Crippen LogP contribution is 2.28.